The maximum Gasteiger partial charge on any atom is 0.341 e. The van der Waals surface area contributed by atoms with Crippen LogP contribution in [0.1, 0.15) is 17.3 Å². The topological polar surface area (TPSA) is 97.4 Å². The van der Waals surface area contributed by atoms with Crippen LogP contribution < -0.4 is 10.0 Å². The molecule has 0 fully saturated rings. The maximum atomic E-state index is 12.5. The highest BCUT2D eigenvalue weighted by atomic mass is 35.5. The molecule has 2 N–H and O–H groups in total. The molecule has 29 heavy (non-hydrogen) atoms. The van der Waals surface area contributed by atoms with Crippen LogP contribution in [0.15, 0.2) is 42.6 Å². The summed E-state index contributed by atoms with van der Waals surface area (Å²) in [4.78, 5) is 16.7. The summed E-state index contributed by atoms with van der Waals surface area (Å²) < 4.78 is 30.5. The van der Waals surface area contributed by atoms with Crippen LogP contribution in [0.3, 0.4) is 0 Å². The van der Waals surface area contributed by atoms with Crippen LogP contribution in [0.2, 0.25) is 10.0 Å². The maximum absolute atomic E-state index is 12.5. The van der Waals surface area contributed by atoms with Gasteiger partial charge in [-0.2, -0.15) is 0 Å². The number of esters is 1. The molecule has 0 bridgehead atoms. The highest BCUT2D eigenvalue weighted by Crippen LogP contribution is 2.36. The number of nitrogens with zero attached hydrogens (tertiary/aromatic N) is 1. The third-order valence-electron chi connectivity index (χ3n) is 3.82. The zero-order valence-corrected chi connectivity index (χ0v) is 17.8. The second-order valence-corrected chi connectivity index (χ2v) is 8.72. The first-order chi connectivity index (χ1) is 13.7. The summed E-state index contributed by atoms with van der Waals surface area (Å²) in [5.74, 6) is -0.569. The lowest BCUT2D eigenvalue weighted by molar-refractivity contribution is 0.0527. The van der Waals surface area contributed by atoms with E-state index in [1.54, 1.807) is 43.3 Å². The molecule has 0 atom stereocenters. The van der Waals surface area contributed by atoms with Crippen molar-refractivity contribution in [3.63, 3.8) is 0 Å². The van der Waals surface area contributed by atoms with Crippen molar-refractivity contribution in [2.45, 2.75) is 6.92 Å². The van der Waals surface area contributed by atoms with Crippen molar-refractivity contribution >= 4 is 67.2 Å². The Balaban J connectivity index is 2.15. The molecule has 0 amide bonds. The molecule has 1 heterocycles. The van der Waals surface area contributed by atoms with E-state index in [1.807, 2.05) is 0 Å². The third kappa shape index (κ3) is 5.09. The van der Waals surface area contributed by atoms with Crippen LogP contribution in [-0.2, 0) is 14.8 Å². The molecule has 0 radical (unpaired) electrons. The van der Waals surface area contributed by atoms with E-state index >= 15 is 0 Å². The molecule has 3 aromatic rings. The number of ether oxygens (including phenoxy) is 1. The molecule has 7 nitrogen and oxygen atoms in total. The Hall–Kier alpha value is -2.55. The Labute approximate surface area is 178 Å². The number of nitrogens with one attached hydrogen (secondary N) is 2. The van der Waals surface area contributed by atoms with Gasteiger partial charge in [-0.1, -0.05) is 29.3 Å². The minimum atomic E-state index is -3.44. The summed E-state index contributed by atoms with van der Waals surface area (Å²) in [6.07, 6.45) is 2.44. The molecule has 2 aromatic carbocycles. The highest BCUT2D eigenvalue weighted by molar-refractivity contribution is 7.92. The van der Waals surface area contributed by atoms with Crippen molar-refractivity contribution < 1.29 is 17.9 Å². The molecule has 0 spiro atoms. The minimum absolute atomic E-state index is 0.185. The van der Waals surface area contributed by atoms with Gasteiger partial charge >= 0.3 is 5.97 Å². The van der Waals surface area contributed by atoms with Crippen molar-refractivity contribution in [3.05, 3.63) is 58.2 Å². The Morgan fingerprint density at radius 2 is 1.90 bits per heavy atom. The van der Waals surface area contributed by atoms with Crippen molar-refractivity contribution in [1.82, 2.24) is 4.98 Å². The molecule has 0 aliphatic carbocycles. The summed E-state index contributed by atoms with van der Waals surface area (Å²) >= 11 is 12.5. The number of pyridine rings is 1. The Kier molecular flexibility index (Phi) is 6.16. The van der Waals surface area contributed by atoms with Gasteiger partial charge in [0.05, 0.1) is 34.8 Å². The minimum Gasteiger partial charge on any atom is -0.462 e. The number of sulfonamides is 1. The molecule has 0 unspecified atom stereocenters. The van der Waals surface area contributed by atoms with Gasteiger partial charge in [-0.15, -0.1) is 0 Å². The van der Waals surface area contributed by atoms with Crippen molar-refractivity contribution in [2.24, 2.45) is 0 Å². The lowest BCUT2D eigenvalue weighted by Crippen LogP contribution is -2.11. The summed E-state index contributed by atoms with van der Waals surface area (Å²) in [6, 6.07) is 9.77. The Bertz CT molecular complexity index is 1200. The van der Waals surface area contributed by atoms with Crippen LogP contribution in [-0.4, -0.2) is 32.2 Å². The number of hydrogen-bond acceptors (Lipinski definition) is 6. The molecule has 0 aliphatic rings. The van der Waals surface area contributed by atoms with Crippen molar-refractivity contribution in [3.8, 4) is 0 Å². The molecule has 0 saturated carbocycles. The van der Waals surface area contributed by atoms with Gasteiger partial charge in [-0.3, -0.25) is 9.71 Å². The van der Waals surface area contributed by atoms with Crippen molar-refractivity contribution in [1.29, 1.82) is 0 Å². The zero-order valence-electron chi connectivity index (χ0n) is 15.5. The van der Waals surface area contributed by atoms with Crippen LogP contribution >= 0.6 is 23.2 Å². The van der Waals surface area contributed by atoms with Crippen LogP contribution in [0.4, 0.5) is 17.1 Å². The van der Waals surface area contributed by atoms with Gasteiger partial charge in [0.15, 0.2) is 0 Å². The third-order valence-corrected chi connectivity index (χ3v) is 4.94. The van der Waals surface area contributed by atoms with Crippen LogP contribution in [0, 0.1) is 0 Å². The molecule has 0 saturated heterocycles. The number of halogens is 2. The molecular formula is C19H17Cl2N3O4S. The number of carbonyl (C=O) groups excluding carboxylic acids is 1. The Morgan fingerprint density at radius 3 is 2.59 bits per heavy atom. The number of hydrogen-bond donors (Lipinski definition) is 2. The van der Waals surface area contributed by atoms with Gasteiger partial charge in [-0.05, 0) is 37.3 Å². The van der Waals surface area contributed by atoms with Crippen LogP contribution in [0.5, 0.6) is 0 Å². The first-order valence-electron chi connectivity index (χ1n) is 8.47. The van der Waals surface area contributed by atoms with E-state index in [1.165, 1.54) is 6.20 Å². The van der Waals surface area contributed by atoms with E-state index < -0.39 is 16.0 Å². The molecule has 152 valence electrons. The smallest absolute Gasteiger partial charge is 0.341 e. The number of fused-ring (bicyclic) bond motifs is 1. The van der Waals surface area contributed by atoms with E-state index in [0.717, 1.165) is 6.26 Å². The predicted molar refractivity (Wildman–Crippen MR) is 116 cm³/mol. The van der Waals surface area contributed by atoms with Gasteiger partial charge in [0.25, 0.3) is 0 Å². The van der Waals surface area contributed by atoms with Gasteiger partial charge in [0, 0.05) is 22.3 Å². The number of rotatable bonds is 6. The SMILES string of the molecule is CCOC(=O)c1cnc2cc(Cl)cc(Cl)c2c1Nc1cccc(NS(C)(=O)=O)c1. The lowest BCUT2D eigenvalue weighted by atomic mass is 10.1. The van der Waals surface area contributed by atoms with E-state index in [9.17, 15) is 13.2 Å². The second-order valence-electron chi connectivity index (χ2n) is 6.13. The predicted octanol–water partition coefficient (Wildman–Crippen LogP) is 4.83. The summed E-state index contributed by atoms with van der Waals surface area (Å²) in [5, 5.41) is 4.34. The molecule has 0 aliphatic heterocycles. The van der Waals surface area contributed by atoms with Crippen molar-refractivity contribution in [2.75, 3.05) is 22.9 Å². The summed E-state index contributed by atoms with van der Waals surface area (Å²) in [6.45, 7) is 1.89. The quantitative estimate of drug-likeness (QED) is 0.518. The average molecular weight is 454 g/mol. The molecule has 10 heteroatoms. The van der Waals surface area contributed by atoms with Gasteiger partial charge in [0.1, 0.15) is 5.56 Å². The zero-order chi connectivity index (χ0) is 21.2. The summed E-state index contributed by atoms with van der Waals surface area (Å²) in [7, 11) is -3.44. The highest BCUT2D eigenvalue weighted by Gasteiger charge is 2.19. The van der Waals surface area contributed by atoms with Gasteiger partial charge in [-0.25, -0.2) is 13.2 Å². The fourth-order valence-electron chi connectivity index (χ4n) is 2.75. The van der Waals surface area contributed by atoms with E-state index in [-0.39, 0.29) is 12.2 Å². The fraction of sp³-hybridized carbons (Fsp3) is 0.158. The Morgan fingerprint density at radius 1 is 1.17 bits per heavy atom. The lowest BCUT2D eigenvalue weighted by Gasteiger charge is -2.16. The fourth-order valence-corrected chi connectivity index (χ4v) is 3.89. The molecular weight excluding hydrogens is 437 g/mol. The number of anilines is 3. The van der Waals surface area contributed by atoms with E-state index in [4.69, 9.17) is 27.9 Å². The van der Waals surface area contributed by atoms with Gasteiger partial charge < -0.3 is 10.1 Å². The number of carbonyl (C=O) groups is 1. The second kappa shape index (κ2) is 8.44. The molecule has 3 rings (SSSR count). The standard InChI is InChI=1S/C19H17Cl2N3O4S/c1-3-28-19(25)14-10-22-16-8-11(20)7-15(21)17(16)18(14)23-12-5-4-6-13(9-12)24-29(2,26)27/h4-10,24H,3H2,1-2H3,(H,22,23). The van der Waals surface area contributed by atoms with Gasteiger partial charge in [0.2, 0.25) is 10.0 Å². The molecule has 1 aromatic heterocycles. The van der Waals surface area contributed by atoms with E-state index in [2.05, 4.69) is 15.0 Å². The number of aromatic nitrogens is 1. The van der Waals surface area contributed by atoms with E-state index in [0.29, 0.717) is 38.0 Å². The first-order valence-corrected chi connectivity index (χ1v) is 11.1. The largest absolute Gasteiger partial charge is 0.462 e. The first kappa shape index (κ1) is 21.2. The monoisotopic (exact) mass is 453 g/mol. The normalized spacial score (nSPS) is 11.3. The number of benzene rings is 2. The summed E-state index contributed by atoms with van der Waals surface area (Å²) in [5.41, 5.74) is 1.95. The van der Waals surface area contributed by atoms with Crippen LogP contribution in [0.25, 0.3) is 10.9 Å². The average Bonchev–Trinajstić information content (AvgIpc) is 2.60.